The van der Waals surface area contributed by atoms with Crippen molar-refractivity contribution >= 4 is 5.91 Å². The van der Waals surface area contributed by atoms with Crippen LogP contribution in [0.3, 0.4) is 0 Å². The van der Waals surface area contributed by atoms with E-state index in [1.165, 1.54) is 58.0 Å². The average molecular weight is 281 g/mol. The van der Waals surface area contributed by atoms with Crippen molar-refractivity contribution in [3.63, 3.8) is 0 Å². The third kappa shape index (κ3) is 5.06. The van der Waals surface area contributed by atoms with E-state index in [2.05, 4.69) is 15.1 Å². The van der Waals surface area contributed by atoms with Gasteiger partial charge in [0.2, 0.25) is 5.91 Å². The van der Waals surface area contributed by atoms with Crippen LogP contribution in [0, 0.1) is 0 Å². The fourth-order valence-corrected chi connectivity index (χ4v) is 3.27. The smallest absolute Gasteiger partial charge is 0.239 e. The molecule has 1 N–H and O–H groups in total. The molecule has 0 aromatic carbocycles. The van der Waals surface area contributed by atoms with Crippen LogP contribution in [-0.4, -0.2) is 61.0 Å². The van der Waals surface area contributed by atoms with Gasteiger partial charge in [0.05, 0.1) is 6.04 Å². The summed E-state index contributed by atoms with van der Waals surface area (Å²) >= 11 is 0. The summed E-state index contributed by atoms with van der Waals surface area (Å²) in [6.45, 7) is 8.40. The molecule has 116 valence electrons. The van der Waals surface area contributed by atoms with Crippen molar-refractivity contribution in [2.24, 2.45) is 0 Å². The van der Waals surface area contributed by atoms with Gasteiger partial charge in [-0.1, -0.05) is 19.3 Å². The van der Waals surface area contributed by atoms with Crippen LogP contribution in [-0.2, 0) is 4.79 Å². The maximum Gasteiger partial charge on any atom is 0.239 e. The molecule has 20 heavy (non-hydrogen) atoms. The first kappa shape index (κ1) is 15.8. The minimum atomic E-state index is -0.0297. The molecule has 2 heterocycles. The molecule has 2 aliphatic rings. The lowest BCUT2D eigenvalue weighted by atomic mass is 10.1. The Morgan fingerprint density at radius 1 is 0.950 bits per heavy atom. The Balaban J connectivity index is 1.64. The first-order chi connectivity index (χ1) is 9.77. The predicted molar refractivity (Wildman–Crippen MR) is 82.8 cm³/mol. The van der Waals surface area contributed by atoms with Crippen molar-refractivity contribution < 1.29 is 4.79 Å². The Bertz CT molecular complexity index is 281. The van der Waals surface area contributed by atoms with Gasteiger partial charge < -0.3 is 15.1 Å². The number of nitrogens with one attached hydrogen (secondary N) is 1. The van der Waals surface area contributed by atoms with Gasteiger partial charge in [0.25, 0.3) is 0 Å². The molecule has 0 aromatic rings. The van der Waals surface area contributed by atoms with E-state index < -0.39 is 0 Å². The van der Waals surface area contributed by atoms with E-state index in [-0.39, 0.29) is 6.04 Å². The van der Waals surface area contributed by atoms with Gasteiger partial charge in [-0.15, -0.1) is 0 Å². The van der Waals surface area contributed by atoms with Gasteiger partial charge in [-0.2, -0.15) is 0 Å². The van der Waals surface area contributed by atoms with Crippen molar-refractivity contribution in [1.29, 1.82) is 0 Å². The predicted octanol–water partition coefficient (Wildman–Crippen LogP) is 1.85. The second-order valence-corrected chi connectivity index (χ2v) is 6.32. The van der Waals surface area contributed by atoms with Crippen LogP contribution in [0.25, 0.3) is 0 Å². The SMILES string of the molecule is CC(NCCN1CCCCC1)C(=O)N1CCCCCC1. The van der Waals surface area contributed by atoms with Crippen molar-refractivity contribution in [2.45, 2.75) is 57.9 Å². The Morgan fingerprint density at radius 3 is 2.15 bits per heavy atom. The van der Waals surface area contributed by atoms with E-state index in [0.717, 1.165) is 26.2 Å². The molecule has 2 fully saturated rings. The zero-order chi connectivity index (χ0) is 14.2. The Hall–Kier alpha value is -0.610. The van der Waals surface area contributed by atoms with Crippen LogP contribution in [0.2, 0.25) is 0 Å². The van der Waals surface area contributed by atoms with Gasteiger partial charge in [-0.25, -0.2) is 0 Å². The average Bonchev–Trinajstić information content (AvgIpc) is 2.76. The molecular weight excluding hydrogens is 250 g/mol. The van der Waals surface area contributed by atoms with Gasteiger partial charge in [0, 0.05) is 26.2 Å². The van der Waals surface area contributed by atoms with Gasteiger partial charge in [0.15, 0.2) is 0 Å². The van der Waals surface area contributed by atoms with E-state index in [0.29, 0.717) is 5.91 Å². The topological polar surface area (TPSA) is 35.6 Å². The highest BCUT2D eigenvalue weighted by Gasteiger charge is 2.21. The minimum absolute atomic E-state index is 0.0297. The molecule has 4 nitrogen and oxygen atoms in total. The summed E-state index contributed by atoms with van der Waals surface area (Å²) in [5, 5.41) is 3.41. The summed E-state index contributed by atoms with van der Waals surface area (Å²) in [5.41, 5.74) is 0. The fraction of sp³-hybridized carbons (Fsp3) is 0.938. The number of rotatable bonds is 5. The number of hydrogen-bond donors (Lipinski definition) is 1. The highest BCUT2D eigenvalue weighted by atomic mass is 16.2. The van der Waals surface area contributed by atoms with Gasteiger partial charge in [-0.3, -0.25) is 4.79 Å². The second-order valence-electron chi connectivity index (χ2n) is 6.32. The number of likely N-dealkylation sites (tertiary alicyclic amines) is 2. The summed E-state index contributed by atoms with van der Waals surface area (Å²) in [4.78, 5) is 17.0. The maximum absolute atomic E-state index is 12.4. The molecule has 2 rings (SSSR count). The van der Waals surface area contributed by atoms with Crippen molar-refractivity contribution in [3.8, 4) is 0 Å². The van der Waals surface area contributed by atoms with E-state index in [1.807, 2.05) is 6.92 Å². The highest BCUT2D eigenvalue weighted by Crippen LogP contribution is 2.11. The first-order valence-electron chi connectivity index (χ1n) is 8.52. The van der Waals surface area contributed by atoms with Crippen LogP contribution in [0.15, 0.2) is 0 Å². The van der Waals surface area contributed by atoms with Crippen LogP contribution >= 0.6 is 0 Å². The Kier molecular flexibility index (Phi) is 6.80. The van der Waals surface area contributed by atoms with Crippen molar-refractivity contribution in [2.75, 3.05) is 39.3 Å². The third-order valence-electron chi connectivity index (χ3n) is 4.62. The van der Waals surface area contributed by atoms with E-state index >= 15 is 0 Å². The number of nitrogens with zero attached hydrogens (tertiary/aromatic N) is 2. The summed E-state index contributed by atoms with van der Waals surface area (Å²) < 4.78 is 0. The quantitative estimate of drug-likeness (QED) is 0.835. The number of piperidine rings is 1. The molecule has 0 aromatic heterocycles. The number of amides is 1. The molecule has 1 amide bonds. The van der Waals surface area contributed by atoms with Crippen molar-refractivity contribution in [1.82, 2.24) is 15.1 Å². The third-order valence-corrected chi connectivity index (χ3v) is 4.62. The Labute approximate surface area is 123 Å². The van der Waals surface area contributed by atoms with Crippen LogP contribution < -0.4 is 5.32 Å². The number of carbonyl (C=O) groups excluding carboxylic acids is 1. The number of hydrogen-bond acceptors (Lipinski definition) is 3. The molecule has 4 heteroatoms. The molecular formula is C16H31N3O. The maximum atomic E-state index is 12.4. The second kappa shape index (κ2) is 8.63. The minimum Gasteiger partial charge on any atom is -0.341 e. The van der Waals surface area contributed by atoms with Crippen LogP contribution in [0.4, 0.5) is 0 Å². The molecule has 0 aliphatic carbocycles. The van der Waals surface area contributed by atoms with Crippen LogP contribution in [0.5, 0.6) is 0 Å². The van der Waals surface area contributed by atoms with Crippen molar-refractivity contribution in [3.05, 3.63) is 0 Å². The molecule has 0 saturated carbocycles. The fourth-order valence-electron chi connectivity index (χ4n) is 3.27. The van der Waals surface area contributed by atoms with E-state index in [9.17, 15) is 4.79 Å². The molecule has 0 spiro atoms. The zero-order valence-electron chi connectivity index (χ0n) is 13.1. The van der Waals surface area contributed by atoms with Crippen LogP contribution in [0.1, 0.15) is 51.9 Å². The van der Waals surface area contributed by atoms with Gasteiger partial charge in [0.1, 0.15) is 0 Å². The zero-order valence-corrected chi connectivity index (χ0v) is 13.1. The summed E-state index contributed by atoms with van der Waals surface area (Å²) in [6, 6.07) is -0.0297. The molecule has 0 radical (unpaired) electrons. The monoisotopic (exact) mass is 281 g/mol. The summed E-state index contributed by atoms with van der Waals surface area (Å²) in [6.07, 6.45) is 8.96. The normalized spacial score (nSPS) is 23.4. The van der Waals surface area contributed by atoms with Gasteiger partial charge in [-0.05, 0) is 45.7 Å². The molecule has 2 saturated heterocycles. The summed E-state index contributed by atoms with van der Waals surface area (Å²) in [5.74, 6) is 0.297. The first-order valence-corrected chi connectivity index (χ1v) is 8.52. The highest BCUT2D eigenvalue weighted by molar-refractivity contribution is 5.81. The summed E-state index contributed by atoms with van der Waals surface area (Å²) in [7, 11) is 0. The van der Waals surface area contributed by atoms with E-state index in [1.54, 1.807) is 0 Å². The molecule has 2 aliphatic heterocycles. The molecule has 1 unspecified atom stereocenters. The molecule has 1 atom stereocenters. The lowest BCUT2D eigenvalue weighted by molar-refractivity contribution is -0.133. The molecule has 0 bridgehead atoms. The Morgan fingerprint density at radius 2 is 1.50 bits per heavy atom. The lowest BCUT2D eigenvalue weighted by Gasteiger charge is -2.28. The van der Waals surface area contributed by atoms with Gasteiger partial charge >= 0.3 is 0 Å². The van der Waals surface area contributed by atoms with E-state index in [4.69, 9.17) is 0 Å². The lowest BCUT2D eigenvalue weighted by Crippen LogP contribution is -2.47. The standard InChI is InChI=1S/C16H31N3O/c1-15(16(20)19-12-7-2-3-8-13-19)17-9-14-18-10-5-4-6-11-18/h15,17H,2-14H2,1H3. The number of carbonyl (C=O) groups is 1. The largest absolute Gasteiger partial charge is 0.341 e.